The fourth-order valence-electron chi connectivity index (χ4n) is 3.17. The molecule has 0 aromatic heterocycles. The standard InChI is InChI=1S/C18H29NO5/c1-18(2)23-15(12-21)17(24-18)16(14(22-3)9-10-20)19-11-13-7-5-4-6-8-13/h4-8,14-17,19-21H,9-12H2,1-3H3/t14-,15-,16+,17-/m0/s1. The van der Waals surface area contributed by atoms with Crippen molar-refractivity contribution >= 4 is 0 Å². The summed E-state index contributed by atoms with van der Waals surface area (Å²) in [5.74, 6) is -0.762. The Morgan fingerprint density at radius 3 is 2.50 bits per heavy atom. The van der Waals surface area contributed by atoms with Crippen molar-refractivity contribution in [3.8, 4) is 0 Å². The van der Waals surface area contributed by atoms with Gasteiger partial charge < -0.3 is 29.7 Å². The average Bonchev–Trinajstić information content (AvgIpc) is 2.89. The molecule has 0 unspecified atom stereocenters. The van der Waals surface area contributed by atoms with Gasteiger partial charge >= 0.3 is 0 Å². The molecule has 1 aliphatic heterocycles. The van der Waals surface area contributed by atoms with Crippen molar-refractivity contribution in [2.45, 2.75) is 57.0 Å². The highest BCUT2D eigenvalue weighted by Crippen LogP contribution is 2.31. The summed E-state index contributed by atoms with van der Waals surface area (Å²) in [7, 11) is 1.62. The Labute approximate surface area is 143 Å². The molecule has 1 aliphatic rings. The van der Waals surface area contributed by atoms with Crippen LogP contribution in [0.3, 0.4) is 0 Å². The molecule has 6 nitrogen and oxygen atoms in total. The molecule has 0 saturated carbocycles. The lowest BCUT2D eigenvalue weighted by Gasteiger charge is -2.33. The second kappa shape index (κ2) is 8.89. The minimum atomic E-state index is -0.762. The summed E-state index contributed by atoms with van der Waals surface area (Å²) in [6.07, 6.45) is -0.591. The normalized spacial score (nSPS) is 25.5. The molecule has 0 radical (unpaired) electrons. The van der Waals surface area contributed by atoms with Crippen LogP contribution in [-0.4, -0.2) is 60.7 Å². The first kappa shape index (κ1) is 19.3. The fraction of sp³-hybridized carbons (Fsp3) is 0.667. The predicted molar refractivity (Wildman–Crippen MR) is 90.5 cm³/mol. The summed E-state index contributed by atoms with van der Waals surface area (Å²) in [6.45, 7) is 4.18. The molecule has 1 aromatic rings. The number of aliphatic hydroxyl groups is 2. The molecular weight excluding hydrogens is 310 g/mol. The van der Waals surface area contributed by atoms with Crippen LogP contribution in [0.1, 0.15) is 25.8 Å². The zero-order valence-corrected chi connectivity index (χ0v) is 14.6. The van der Waals surface area contributed by atoms with Crippen molar-refractivity contribution in [1.29, 1.82) is 0 Å². The van der Waals surface area contributed by atoms with Crippen LogP contribution in [0.15, 0.2) is 30.3 Å². The first-order valence-corrected chi connectivity index (χ1v) is 8.38. The van der Waals surface area contributed by atoms with Gasteiger partial charge in [0.15, 0.2) is 5.79 Å². The molecule has 3 N–H and O–H groups in total. The summed E-state index contributed by atoms with van der Waals surface area (Å²) < 4.78 is 17.4. The van der Waals surface area contributed by atoms with Crippen molar-refractivity contribution in [3.63, 3.8) is 0 Å². The van der Waals surface area contributed by atoms with E-state index in [-0.39, 0.29) is 31.5 Å². The largest absolute Gasteiger partial charge is 0.396 e. The van der Waals surface area contributed by atoms with Crippen LogP contribution < -0.4 is 5.32 Å². The highest BCUT2D eigenvalue weighted by atomic mass is 16.8. The van der Waals surface area contributed by atoms with E-state index in [0.29, 0.717) is 13.0 Å². The van der Waals surface area contributed by atoms with Gasteiger partial charge in [0.1, 0.15) is 12.2 Å². The molecular formula is C18H29NO5. The van der Waals surface area contributed by atoms with E-state index in [0.717, 1.165) is 5.56 Å². The molecule has 0 amide bonds. The monoisotopic (exact) mass is 339 g/mol. The van der Waals surface area contributed by atoms with Gasteiger partial charge in [-0.1, -0.05) is 30.3 Å². The van der Waals surface area contributed by atoms with E-state index in [9.17, 15) is 10.2 Å². The smallest absolute Gasteiger partial charge is 0.163 e. The molecule has 1 saturated heterocycles. The molecule has 2 rings (SSSR count). The quantitative estimate of drug-likeness (QED) is 0.624. The predicted octanol–water partition coefficient (Wildman–Crippen LogP) is 1.05. The van der Waals surface area contributed by atoms with Gasteiger partial charge in [-0.05, 0) is 25.8 Å². The van der Waals surface area contributed by atoms with Crippen LogP contribution in [0.4, 0.5) is 0 Å². The van der Waals surface area contributed by atoms with Gasteiger partial charge in [0.05, 0.1) is 18.8 Å². The molecule has 4 atom stereocenters. The van der Waals surface area contributed by atoms with E-state index in [4.69, 9.17) is 14.2 Å². The number of benzene rings is 1. The van der Waals surface area contributed by atoms with Crippen LogP contribution in [-0.2, 0) is 20.8 Å². The van der Waals surface area contributed by atoms with Gasteiger partial charge in [0.2, 0.25) is 0 Å². The van der Waals surface area contributed by atoms with Crippen molar-refractivity contribution in [2.24, 2.45) is 0 Å². The Kier molecular flexibility index (Phi) is 7.16. The van der Waals surface area contributed by atoms with E-state index in [1.54, 1.807) is 7.11 Å². The zero-order chi connectivity index (χ0) is 17.6. The van der Waals surface area contributed by atoms with Crippen molar-refractivity contribution in [1.82, 2.24) is 5.32 Å². The van der Waals surface area contributed by atoms with Crippen LogP contribution >= 0.6 is 0 Å². The third-order valence-electron chi connectivity index (χ3n) is 4.26. The number of aliphatic hydroxyl groups excluding tert-OH is 2. The summed E-state index contributed by atoms with van der Waals surface area (Å²) in [4.78, 5) is 0. The second-order valence-electron chi connectivity index (χ2n) is 6.50. The van der Waals surface area contributed by atoms with Gasteiger partial charge in [0.25, 0.3) is 0 Å². The number of methoxy groups -OCH3 is 1. The van der Waals surface area contributed by atoms with E-state index >= 15 is 0 Å². The maximum atomic E-state index is 9.66. The lowest BCUT2D eigenvalue weighted by molar-refractivity contribution is -0.154. The maximum absolute atomic E-state index is 9.66. The first-order chi connectivity index (χ1) is 11.5. The molecule has 0 spiro atoms. The highest BCUT2D eigenvalue weighted by Gasteiger charge is 2.46. The summed E-state index contributed by atoms with van der Waals surface area (Å²) in [5.41, 5.74) is 1.14. The van der Waals surface area contributed by atoms with Gasteiger partial charge in [-0.15, -0.1) is 0 Å². The fourth-order valence-corrected chi connectivity index (χ4v) is 3.17. The minimum absolute atomic E-state index is 0.0167. The number of ether oxygens (including phenoxy) is 3. The number of hydrogen-bond donors (Lipinski definition) is 3. The Balaban J connectivity index is 2.15. The van der Waals surface area contributed by atoms with E-state index in [2.05, 4.69) is 5.32 Å². The van der Waals surface area contributed by atoms with Crippen molar-refractivity contribution in [2.75, 3.05) is 20.3 Å². The molecule has 1 fully saturated rings. The topological polar surface area (TPSA) is 80.2 Å². The van der Waals surface area contributed by atoms with Crippen molar-refractivity contribution in [3.05, 3.63) is 35.9 Å². The van der Waals surface area contributed by atoms with Crippen LogP contribution in [0.25, 0.3) is 0 Å². The Morgan fingerprint density at radius 1 is 1.21 bits per heavy atom. The second-order valence-corrected chi connectivity index (χ2v) is 6.50. The molecule has 24 heavy (non-hydrogen) atoms. The van der Waals surface area contributed by atoms with E-state index in [1.165, 1.54) is 0 Å². The van der Waals surface area contributed by atoms with Crippen molar-refractivity contribution < 1.29 is 24.4 Å². The zero-order valence-electron chi connectivity index (χ0n) is 14.6. The lowest BCUT2D eigenvalue weighted by Crippen LogP contribution is -2.53. The van der Waals surface area contributed by atoms with Gasteiger partial charge in [-0.2, -0.15) is 0 Å². The summed E-state index contributed by atoms with van der Waals surface area (Å²) >= 11 is 0. The molecule has 136 valence electrons. The number of hydrogen-bond acceptors (Lipinski definition) is 6. The van der Waals surface area contributed by atoms with Gasteiger partial charge in [0, 0.05) is 20.3 Å². The third-order valence-corrected chi connectivity index (χ3v) is 4.26. The Bertz CT molecular complexity index is 482. The molecule has 1 heterocycles. The molecule has 1 aromatic carbocycles. The SMILES string of the molecule is CO[C@@H](CCO)[C@@H](NCc1ccccc1)[C@H]1OC(C)(C)O[C@H]1CO. The van der Waals surface area contributed by atoms with E-state index in [1.807, 2.05) is 44.2 Å². The van der Waals surface area contributed by atoms with Crippen LogP contribution in [0.5, 0.6) is 0 Å². The van der Waals surface area contributed by atoms with E-state index < -0.39 is 11.9 Å². The van der Waals surface area contributed by atoms with Crippen LogP contribution in [0.2, 0.25) is 0 Å². The number of rotatable bonds is 9. The number of nitrogens with one attached hydrogen (secondary N) is 1. The molecule has 0 bridgehead atoms. The first-order valence-electron chi connectivity index (χ1n) is 8.38. The van der Waals surface area contributed by atoms with Gasteiger partial charge in [-0.25, -0.2) is 0 Å². The Morgan fingerprint density at radius 2 is 1.92 bits per heavy atom. The van der Waals surface area contributed by atoms with Gasteiger partial charge in [-0.3, -0.25) is 0 Å². The van der Waals surface area contributed by atoms with Crippen LogP contribution in [0, 0.1) is 0 Å². The molecule has 6 heteroatoms. The lowest BCUT2D eigenvalue weighted by atomic mass is 9.97. The Hall–Kier alpha value is -1.02. The highest BCUT2D eigenvalue weighted by molar-refractivity contribution is 5.14. The summed E-state index contributed by atoms with van der Waals surface area (Å²) in [6, 6.07) is 9.81. The maximum Gasteiger partial charge on any atom is 0.163 e. The third kappa shape index (κ3) is 4.99. The molecule has 0 aliphatic carbocycles. The summed E-state index contributed by atoms with van der Waals surface area (Å²) in [5, 5.41) is 22.5. The minimum Gasteiger partial charge on any atom is -0.396 e. The average molecular weight is 339 g/mol.